The fourth-order valence-corrected chi connectivity index (χ4v) is 3.12. The molecule has 0 atom stereocenters. The van der Waals surface area contributed by atoms with Crippen LogP contribution in [0.15, 0.2) is 18.2 Å². The van der Waals surface area contributed by atoms with E-state index in [0.29, 0.717) is 30.2 Å². The Morgan fingerprint density at radius 2 is 1.48 bits per heavy atom. The quantitative estimate of drug-likeness (QED) is 0.271. The van der Waals surface area contributed by atoms with Crippen molar-refractivity contribution in [3.63, 3.8) is 0 Å². The topological polar surface area (TPSA) is 64.4 Å². The van der Waals surface area contributed by atoms with Gasteiger partial charge in [-0.1, -0.05) is 78.1 Å². The molecule has 154 valence electrons. The van der Waals surface area contributed by atoms with Crippen LogP contribution in [0, 0.1) is 0 Å². The summed E-state index contributed by atoms with van der Waals surface area (Å²) in [5, 5.41) is 3.01. The third-order valence-corrected chi connectivity index (χ3v) is 4.82. The minimum atomic E-state index is -0.0891. The summed E-state index contributed by atoms with van der Waals surface area (Å²) in [7, 11) is 0. The molecule has 0 spiro atoms. The van der Waals surface area contributed by atoms with Crippen molar-refractivity contribution in [1.29, 1.82) is 0 Å². The van der Waals surface area contributed by atoms with Crippen molar-refractivity contribution in [2.24, 2.45) is 0 Å². The lowest BCUT2D eigenvalue weighted by Crippen LogP contribution is -2.25. The summed E-state index contributed by atoms with van der Waals surface area (Å²) < 4.78 is 5.88. The lowest BCUT2D eigenvalue weighted by molar-refractivity contribution is 0.0948. The Kier molecular flexibility index (Phi) is 13.3. The molecule has 0 fully saturated rings. The zero-order chi connectivity index (χ0) is 19.7. The summed E-state index contributed by atoms with van der Waals surface area (Å²) >= 11 is 0. The molecule has 4 nitrogen and oxygen atoms in total. The average Bonchev–Trinajstić information content (AvgIpc) is 2.67. The second-order valence-electron chi connectivity index (χ2n) is 7.40. The zero-order valence-electron chi connectivity index (χ0n) is 17.5. The Labute approximate surface area is 166 Å². The molecule has 1 amide bonds. The number of amides is 1. The van der Waals surface area contributed by atoms with E-state index in [1.807, 2.05) is 6.07 Å². The van der Waals surface area contributed by atoms with E-state index in [1.165, 1.54) is 64.2 Å². The maximum atomic E-state index is 12.5. The van der Waals surface area contributed by atoms with E-state index in [0.717, 1.165) is 12.8 Å². The van der Waals surface area contributed by atoms with Gasteiger partial charge >= 0.3 is 0 Å². The molecule has 1 aromatic rings. The van der Waals surface area contributed by atoms with Gasteiger partial charge in [0.1, 0.15) is 5.75 Å². The molecule has 0 aromatic heterocycles. The fourth-order valence-electron chi connectivity index (χ4n) is 3.12. The van der Waals surface area contributed by atoms with Crippen LogP contribution in [-0.2, 0) is 0 Å². The minimum Gasteiger partial charge on any atom is -0.493 e. The molecule has 27 heavy (non-hydrogen) atoms. The molecule has 0 bridgehead atoms. The van der Waals surface area contributed by atoms with Gasteiger partial charge in [-0.05, 0) is 31.0 Å². The summed E-state index contributed by atoms with van der Waals surface area (Å²) in [6.45, 7) is 5.80. The second kappa shape index (κ2) is 15.4. The van der Waals surface area contributed by atoms with Gasteiger partial charge in [0.2, 0.25) is 0 Å². The zero-order valence-corrected chi connectivity index (χ0v) is 17.5. The molecule has 3 N–H and O–H groups in total. The van der Waals surface area contributed by atoms with Crippen LogP contribution in [0.4, 0.5) is 5.69 Å². The number of hydrogen-bond acceptors (Lipinski definition) is 3. The van der Waals surface area contributed by atoms with Crippen molar-refractivity contribution in [3.05, 3.63) is 23.8 Å². The van der Waals surface area contributed by atoms with Crippen LogP contribution in [-0.4, -0.2) is 19.1 Å². The van der Waals surface area contributed by atoms with E-state index in [2.05, 4.69) is 19.2 Å². The van der Waals surface area contributed by atoms with Crippen LogP contribution in [0.3, 0.4) is 0 Å². The van der Waals surface area contributed by atoms with Gasteiger partial charge in [0, 0.05) is 12.2 Å². The Hall–Kier alpha value is -1.71. The third kappa shape index (κ3) is 10.9. The van der Waals surface area contributed by atoms with Crippen LogP contribution in [0.25, 0.3) is 0 Å². The van der Waals surface area contributed by atoms with Gasteiger partial charge in [0.25, 0.3) is 5.91 Å². The van der Waals surface area contributed by atoms with Gasteiger partial charge in [0.05, 0.1) is 12.2 Å². The van der Waals surface area contributed by atoms with E-state index in [9.17, 15) is 4.79 Å². The molecular formula is C23H40N2O2. The molecular weight excluding hydrogens is 336 g/mol. The first-order valence-corrected chi connectivity index (χ1v) is 11.0. The van der Waals surface area contributed by atoms with Gasteiger partial charge in [-0.3, -0.25) is 4.79 Å². The first-order valence-electron chi connectivity index (χ1n) is 11.0. The number of nitrogen functional groups attached to an aromatic ring is 1. The number of nitrogens with one attached hydrogen (secondary N) is 1. The molecule has 1 aromatic carbocycles. The van der Waals surface area contributed by atoms with Crippen molar-refractivity contribution in [1.82, 2.24) is 5.32 Å². The van der Waals surface area contributed by atoms with E-state index in [4.69, 9.17) is 10.5 Å². The molecule has 0 saturated heterocycles. The first-order chi connectivity index (χ1) is 13.2. The van der Waals surface area contributed by atoms with Crippen LogP contribution in [0.2, 0.25) is 0 Å². The lowest BCUT2D eigenvalue weighted by Gasteiger charge is -2.13. The normalized spacial score (nSPS) is 10.7. The van der Waals surface area contributed by atoms with Crippen molar-refractivity contribution < 1.29 is 9.53 Å². The smallest absolute Gasteiger partial charge is 0.255 e. The van der Waals surface area contributed by atoms with Gasteiger partial charge in [-0.2, -0.15) is 0 Å². The first kappa shape index (κ1) is 23.3. The van der Waals surface area contributed by atoms with Gasteiger partial charge in [-0.25, -0.2) is 0 Å². The predicted molar refractivity (Wildman–Crippen MR) is 115 cm³/mol. The summed E-state index contributed by atoms with van der Waals surface area (Å²) in [4.78, 5) is 12.5. The third-order valence-electron chi connectivity index (χ3n) is 4.82. The van der Waals surface area contributed by atoms with E-state index < -0.39 is 0 Å². The maximum absolute atomic E-state index is 12.5. The molecule has 0 unspecified atom stereocenters. The number of nitrogens with two attached hydrogens (primary N) is 1. The second-order valence-corrected chi connectivity index (χ2v) is 7.40. The molecule has 4 heteroatoms. The van der Waals surface area contributed by atoms with Crippen LogP contribution >= 0.6 is 0 Å². The SMILES string of the molecule is CCCCCCCCNC(=O)c1cc(N)ccc1OCCCCCCCC. The summed E-state index contributed by atoms with van der Waals surface area (Å²) in [5.41, 5.74) is 7.01. The molecule has 1 rings (SSSR count). The summed E-state index contributed by atoms with van der Waals surface area (Å²) in [6.07, 6.45) is 14.6. The Morgan fingerprint density at radius 3 is 2.15 bits per heavy atom. The molecule has 0 saturated carbocycles. The largest absolute Gasteiger partial charge is 0.493 e. The molecule has 0 radical (unpaired) electrons. The number of carbonyl (C=O) groups excluding carboxylic acids is 1. The lowest BCUT2D eigenvalue weighted by atomic mass is 10.1. The molecule has 0 heterocycles. The highest BCUT2D eigenvalue weighted by molar-refractivity contribution is 5.97. The highest BCUT2D eigenvalue weighted by Crippen LogP contribution is 2.22. The predicted octanol–water partition coefficient (Wildman–Crippen LogP) is 6.10. The van der Waals surface area contributed by atoms with Crippen molar-refractivity contribution in [2.45, 2.75) is 90.9 Å². The standard InChI is InChI=1S/C23H40N2O2/c1-3-5-7-9-11-13-17-25-23(26)21-19-20(24)15-16-22(21)27-18-14-12-10-8-6-4-2/h15-16,19H,3-14,17-18,24H2,1-2H3,(H,25,26). The fraction of sp³-hybridized carbons (Fsp3) is 0.696. The summed E-state index contributed by atoms with van der Waals surface area (Å²) in [5.74, 6) is 0.548. The van der Waals surface area contributed by atoms with Crippen LogP contribution in [0.1, 0.15) is 101 Å². The van der Waals surface area contributed by atoms with Gasteiger partial charge < -0.3 is 15.8 Å². The van der Waals surface area contributed by atoms with Crippen molar-refractivity contribution in [3.8, 4) is 5.75 Å². The Bertz CT molecular complexity index is 517. The van der Waals surface area contributed by atoms with E-state index in [-0.39, 0.29) is 5.91 Å². The maximum Gasteiger partial charge on any atom is 0.255 e. The van der Waals surface area contributed by atoms with E-state index >= 15 is 0 Å². The highest BCUT2D eigenvalue weighted by Gasteiger charge is 2.13. The molecule has 0 aliphatic rings. The number of benzene rings is 1. The number of ether oxygens (including phenoxy) is 1. The van der Waals surface area contributed by atoms with Crippen molar-refractivity contribution >= 4 is 11.6 Å². The van der Waals surface area contributed by atoms with E-state index in [1.54, 1.807) is 12.1 Å². The highest BCUT2D eigenvalue weighted by atomic mass is 16.5. The number of rotatable bonds is 16. The number of unbranched alkanes of at least 4 members (excludes halogenated alkanes) is 10. The number of hydrogen-bond donors (Lipinski definition) is 2. The molecule has 0 aliphatic heterocycles. The monoisotopic (exact) mass is 376 g/mol. The number of anilines is 1. The van der Waals surface area contributed by atoms with Crippen molar-refractivity contribution in [2.75, 3.05) is 18.9 Å². The van der Waals surface area contributed by atoms with Gasteiger partial charge in [0.15, 0.2) is 0 Å². The summed E-state index contributed by atoms with van der Waals surface area (Å²) in [6, 6.07) is 5.32. The van der Waals surface area contributed by atoms with Gasteiger partial charge in [-0.15, -0.1) is 0 Å². The Morgan fingerprint density at radius 1 is 0.889 bits per heavy atom. The minimum absolute atomic E-state index is 0.0891. The Balaban J connectivity index is 2.35. The van der Waals surface area contributed by atoms with Crippen LogP contribution in [0.5, 0.6) is 5.75 Å². The average molecular weight is 377 g/mol. The number of carbonyl (C=O) groups is 1. The molecule has 0 aliphatic carbocycles. The van der Waals surface area contributed by atoms with Crippen LogP contribution < -0.4 is 15.8 Å².